The number of halogens is 1. The van der Waals surface area contributed by atoms with Crippen molar-refractivity contribution in [1.29, 1.82) is 0 Å². The van der Waals surface area contributed by atoms with Gasteiger partial charge in [-0.25, -0.2) is 0 Å². The second-order valence-corrected chi connectivity index (χ2v) is 5.36. The molecule has 0 heterocycles. The molecule has 0 amide bonds. The highest BCUT2D eigenvalue weighted by atomic mass is 35.5. The van der Waals surface area contributed by atoms with E-state index in [0.717, 1.165) is 24.8 Å². The van der Waals surface area contributed by atoms with Gasteiger partial charge in [-0.3, -0.25) is 0 Å². The molecule has 0 radical (unpaired) electrons. The minimum atomic E-state index is -0.666. The second kappa shape index (κ2) is 7.00. The van der Waals surface area contributed by atoms with E-state index in [2.05, 4.69) is 6.08 Å². The van der Waals surface area contributed by atoms with Gasteiger partial charge in [-0.05, 0) is 37.3 Å². The van der Waals surface area contributed by atoms with Crippen LogP contribution in [0, 0.1) is 0 Å². The van der Waals surface area contributed by atoms with E-state index in [1.807, 2.05) is 0 Å². The van der Waals surface area contributed by atoms with Crippen molar-refractivity contribution < 1.29 is 14.6 Å². The largest absolute Gasteiger partial charge is 0.493 e. The summed E-state index contributed by atoms with van der Waals surface area (Å²) in [5.74, 6) is 1.04. The molecule has 0 aromatic heterocycles. The predicted molar refractivity (Wildman–Crippen MR) is 80.7 cm³/mol. The van der Waals surface area contributed by atoms with Crippen molar-refractivity contribution in [2.75, 3.05) is 14.2 Å². The molecule has 0 aliphatic heterocycles. The zero-order valence-corrected chi connectivity index (χ0v) is 12.7. The number of hydrogen-bond donors (Lipinski definition) is 1. The van der Waals surface area contributed by atoms with Crippen LogP contribution < -0.4 is 9.47 Å². The lowest BCUT2D eigenvalue weighted by atomic mass is 9.97. The topological polar surface area (TPSA) is 38.7 Å². The van der Waals surface area contributed by atoms with Gasteiger partial charge < -0.3 is 14.6 Å². The first kappa shape index (κ1) is 15.2. The molecule has 0 fully saturated rings. The fourth-order valence-corrected chi connectivity index (χ4v) is 2.94. The predicted octanol–water partition coefficient (Wildman–Crippen LogP) is 4.28. The lowest BCUT2D eigenvalue weighted by molar-refractivity contribution is 0.210. The Kier molecular flexibility index (Phi) is 5.32. The van der Waals surface area contributed by atoms with E-state index in [1.165, 1.54) is 12.8 Å². The number of benzene rings is 1. The Morgan fingerprint density at radius 3 is 2.65 bits per heavy atom. The maximum absolute atomic E-state index is 10.6. The molecular weight excluding hydrogens is 276 g/mol. The zero-order valence-electron chi connectivity index (χ0n) is 12.0. The molecule has 1 atom stereocenters. The van der Waals surface area contributed by atoms with Gasteiger partial charge in [0.25, 0.3) is 0 Å². The van der Waals surface area contributed by atoms with Crippen molar-refractivity contribution in [3.05, 3.63) is 34.4 Å². The van der Waals surface area contributed by atoms with Crippen LogP contribution in [0.5, 0.6) is 11.5 Å². The Morgan fingerprint density at radius 2 is 1.95 bits per heavy atom. The summed E-state index contributed by atoms with van der Waals surface area (Å²) in [4.78, 5) is 0. The molecule has 1 aromatic carbocycles. The van der Waals surface area contributed by atoms with Gasteiger partial charge >= 0.3 is 0 Å². The van der Waals surface area contributed by atoms with E-state index in [1.54, 1.807) is 26.4 Å². The van der Waals surface area contributed by atoms with Crippen LogP contribution in [-0.4, -0.2) is 19.3 Å². The Morgan fingerprint density at radius 1 is 1.15 bits per heavy atom. The Balaban J connectivity index is 2.34. The average molecular weight is 297 g/mol. The Bertz CT molecular complexity index is 497. The van der Waals surface area contributed by atoms with Crippen molar-refractivity contribution >= 4 is 11.6 Å². The van der Waals surface area contributed by atoms with Crippen LogP contribution >= 0.6 is 11.6 Å². The SMILES string of the molecule is COc1ccc(C(O)C2=CCCCCC2)c(Cl)c1OC. The van der Waals surface area contributed by atoms with Crippen molar-refractivity contribution in [2.45, 2.75) is 38.2 Å². The lowest BCUT2D eigenvalue weighted by Crippen LogP contribution is -2.04. The number of allylic oxidation sites excluding steroid dienone is 1. The number of rotatable bonds is 4. The molecule has 110 valence electrons. The van der Waals surface area contributed by atoms with Crippen molar-refractivity contribution in [2.24, 2.45) is 0 Å². The van der Waals surface area contributed by atoms with E-state index in [4.69, 9.17) is 21.1 Å². The van der Waals surface area contributed by atoms with Crippen LogP contribution in [0.2, 0.25) is 5.02 Å². The summed E-state index contributed by atoms with van der Waals surface area (Å²) >= 11 is 6.36. The van der Waals surface area contributed by atoms with Gasteiger partial charge in [0.1, 0.15) is 6.10 Å². The first-order valence-corrected chi connectivity index (χ1v) is 7.34. The molecular formula is C16H21ClO3. The molecule has 0 saturated carbocycles. The van der Waals surface area contributed by atoms with Crippen molar-refractivity contribution in [3.63, 3.8) is 0 Å². The first-order valence-electron chi connectivity index (χ1n) is 6.96. The van der Waals surface area contributed by atoms with Crippen molar-refractivity contribution in [3.8, 4) is 11.5 Å². The molecule has 1 unspecified atom stereocenters. The highest BCUT2D eigenvalue weighted by molar-refractivity contribution is 6.33. The van der Waals surface area contributed by atoms with Crippen LogP contribution in [0.4, 0.5) is 0 Å². The fraction of sp³-hybridized carbons (Fsp3) is 0.500. The summed E-state index contributed by atoms with van der Waals surface area (Å²) in [6.45, 7) is 0. The number of aliphatic hydroxyl groups excluding tert-OH is 1. The Labute approximate surface area is 125 Å². The smallest absolute Gasteiger partial charge is 0.179 e. The first-order chi connectivity index (χ1) is 9.69. The summed E-state index contributed by atoms with van der Waals surface area (Å²) in [6.07, 6.45) is 6.95. The fourth-order valence-electron chi connectivity index (χ4n) is 2.60. The van der Waals surface area contributed by atoms with Crippen LogP contribution in [0.15, 0.2) is 23.8 Å². The third-order valence-corrected chi connectivity index (χ3v) is 4.13. The molecule has 20 heavy (non-hydrogen) atoms. The van der Waals surface area contributed by atoms with E-state index in [-0.39, 0.29) is 0 Å². The van der Waals surface area contributed by atoms with E-state index < -0.39 is 6.10 Å². The highest BCUT2D eigenvalue weighted by Crippen LogP contribution is 2.42. The van der Waals surface area contributed by atoms with E-state index in [9.17, 15) is 5.11 Å². The quantitative estimate of drug-likeness (QED) is 0.843. The number of methoxy groups -OCH3 is 2. The van der Waals surface area contributed by atoms with Crippen LogP contribution in [0.3, 0.4) is 0 Å². The summed E-state index contributed by atoms with van der Waals surface area (Å²) < 4.78 is 10.5. The molecule has 1 N–H and O–H groups in total. The zero-order chi connectivity index (χ0) is 14.5. The van der Waals surface area contributed by atoms with Crippen LogP contribution in [0.25, 0.3) is 0 Å². The molecule has 1 aliphatic rings. The molecule has 1 aliphatic carbocycles. The normalized spacial score (nSPS) is 17.1. The number of aliphatic hydroxyl groups is 1. The van der Waals surface area contributed by atoms with E-state index >= 15 is 0 Å². The summed E-state index contributed by atoms with van der Waals surface area (Å²) in [6, 6.07) is 3.58. The van der Waals surface area contributed by atoms with Crippen molar-refractivity contribution in [1.82, 2.24) is 0 Å². The van der Waals surface area contributed by atoms with E-state index in [0.29, 0.717) is 22.1 Å². The molecule has 2 rings (SSSR count). The van der Waals surface area contributed by atoms with Gasteiger partial charge in [-0.15, -0.1) is 0 Å². The molecule has 1 aromatic rings. The van der Waals surface area contributed by atoms with Crippen LogP contribution in [0.1, 0.15) is 43.8 Å². The maximum atomic E-state index is 10.6. The van der Waals surface area contributed by atoms with Gasteiger partial charge in [0.15, 0.2) is 11.5 Å². The highest BCUT2D eigenvalue weighted by Gasteiger charge is 2.21. The number of hydrogen-bond acceptors (Lipinski definition) is 3. The summed E-state index contributed by atoms with van der Waals surface area (Å²) in [5.41, 5.74) is 1.73. The molecule has 0 saturated heterocycles. The van der Waals surface area contributed by atoms with Gasteiger partial charge in [0.2, 0.25) is 0 Å². The second-order valence-electron chi connectivity index (χ2n) is 4.99. The molecule has 4 heteroatoms. The number of ether oxygens (including phenoxy) is 2. The minimum Gasteiger partial charge on any atom is -0.493 e. The minimum absolute atomic E-state index is 0.421. The van der Waals surface area contributed by atoms with Gasteiger partial charge in [0.05, 0.1) is 19.2 Å². The van der Waals surface area contributed by atoms with Gasteiger partial charge in [-0.2, -0.15) is 0 Å². The molecule has 0 spiro atoms. The van der Waals surface area contributed by atoms with Gasteiger partial charge in [-0.1, -0.05) is 30.2 Å². The average Bonchev–Trinajstić information content (AvgIpc) is 2.75. The molecule has 0 bridgehead atoms. The summed E-state index contributed by atoms with van der Waals surface area (Å²) in [7, 11) is 3.11. The third kappa shape index (κ3) is 3.10. The third-order valence-electron chi connectivity index (χ3n) is 3.74. The molecule has 3 nitrogen and oxygen atoms in total. The Hall–Kier alpha value is -1.19. The maximum Gasteiger partial charge on any atom is 0.179 e. The standard InChI is InChI=1S/C16H21ClO3/c1-19-13-10-9-12(14(17)16(13)20-2)15(18)11-7-5-3-4-6-8-11/h7,9-10,15,18H,3-6,8H2,1-2H3. The van der Waals surface area contributed by atoms with Gasteiger partial charge in [0, 0.05) is 5.56 Å². The monoisotopic (exact) mass is 296 g/mol. The lowest BCUT2D eigenvalue weighted by Gasteiger charge is -2.19. The van der Waals surface area contributed by atoms with Crippen LogP contribution in [-0.2, 0) is 0 Å². The summed E-state index contributed by atoms with van der Waals surface area (Å²) in [5, 5.41) is 11.0.